The van der Waals surface area contributed by atoms with Crippen LogP contribution in [0.1, 0.15) is 36.0 Å². The van der Waals surface area contributed by atoms with Crippen LogP contribution >= 0.6 is 27.3 Å². The van der Waals surface area contributed by atoms with Crippen LogP contribution in [0, 0.1) is 0 Å². The SMILES string of the molecule is COc1cc(Br)c(CCC(=O)Nc2nc(-c3ccc4c(c3)CCCC4)cs2)cc1OC. The van der Waals surface area contributed by atoms with E-state index in [4.69, 9.17) is 9.47 Å². The quantitative estimate of drug-likeness (QED) is 0.429. The number of aryl methyl sites for hydroxylation is 3. The Kier molecular flexibility index (Phi) is 6.92. The van der Waals surface area contributed by atoms with Crippen molar-refractivity contribution in [2.45, 2.75) is 38.5 Å². The lowest BCUT2D eigenvalue weighted by molar-refractivity contribution is -0.116. The molecule has 7 heteroatoms. The second kappa shape index (κ2) is 9.83. The van der Waals surface area contributed by atoms with Crippen molar-refractivity contribution in [2.75, 3.05) is 19.5 Å². The molecule has 2 aromatic carbocycles. The van der Waals surface area contributed by atoms with Crippen LogP contribution < -0.4 is 14.8 Å². The number of nitrogens with zero attached hydrogens (tertiary/aromatic N) is 1. The molecule has 0 unspecified atom stereocenters. The number of halogens is 1. The summed E-state index contributed by atoms with van der Waals surface area (Å²) in [6, 6.07) is 10.4. The van der Waals surface area contributed by atoms with Gasteiger partial charge in [0.2, 0.25) is 5.91 Å². The minimum absolute atomic E-state index is 0.0620. The highest BCUT2D eigenvalue weighted by molar-refractivity contribution is 9.10. The highest BCUT2D eigenvalue weighted by Crippen LogP contribution is 2.34. The van der Waals surface area contributed by atoms with Crippen molar-refractivity contribution in [3.8, 4) is 22.8 Å². The Balaban J connectivity index is 1.39. The number of amides is 1. The van der Waals surface area contributed by atoms with Crippen LogP contribution in [0.2, 0.25) is 0 Å². The van der Waals surface area contributed by atoms with Gasteiger partial charge in [-0.25, -0.2) is 4.98 Å². The summed E-state index contributed by atoms with van der Waals surface area (Å²) in [6.45, 7) is 0. The summed E-state index contributed by atoms with van der Waals surface area (Å²) in [5.74, 6) is 1.24. The number of benzene rings is 2. The Morgan fingerprint density at radius 3 is 2.61 bits per heavy atom. The monoisotopic (exact) mass is 500 g/mol. The van der Waals surface area contributed by atoms with E-state index in [2.05, 4.69) is 44.4 Å². The van der Waals surface area contributed by atoms with Crippen molar-refractivity contribution in [3.63, 3.8) is 0 Å². The summed E-state index contributed by atoms with van der Waals surface area (Å²) in [4.78, 5) is 17.1. The van der Waals surface area contributed by atoms with E-state index in [-0.39, 0.29) is 5.91 Å². The summed E-state index contributed by atoms with van der Waals surface area (Å²) in [7, 11) is 3.20. The molecule has 3 aromatic rings. The molecule has 1 aromatic heterocycles. The molecule has 0 saturated carbocycles. The highest BCUT2D eigenvalue weighted by atomic mass is 79.9. The first-order valence-corrected chi connectivity index (χ1v) is 12.0. The molecule has 5 nitrogen and oxygen atoms in total. The fourth-order valence-corrected chi connectivity index (χ4v) is 5.13. The van der Waals surface area contributed by atoms with E-state index in [1.165, 1.54) is 41.7 Å². The van der Waals surface area contributed by atoms with Gasteiger partial charge >= 0.3 is 0 Å². The summed E-state index contributed by atoms with van der Waals surface area (Å²) in [6.07, 6.45) is 5.77. The first kappa shape index (κ1) is 21.8. The van der Waals surface area contributed by atoms with Crippen molar-refractivity contribution >= 4 is 38.3 Å². The van der Waals surface area contributed by atoms with Gasteiger partial charge in [-0.1, -0.05) is 28.1 Å². The molecule has 1 N–H and O–H groups in total. The van der Waals surface area contributed by atoms with Gasteiger partial charge in [0.1, 0.15) is 0 Å². The molecule has 0 bridgehead atoms. The van der Waals surface area contributed by atoms with Gasteiger partial charge in [-0.15, -0.1) is 11.3 Å². The smallest absolute Gasteiger partial charge is 0.226 e. The largest absolute Gasteiger partial charge is 0.493 e. The van der Waals surface area contributed by atoms with Crippen LogP contribution in [-0.2, 0) is 24.1 Å². The number of aromatic nitrogens is 1. The Bertz CT molecular complexity index is 1100. The van der Waals surface area contributed by atoms with E-state index < -0.39 is 0 Å². The lowest BCUT2D eigenvalue weighted by Gasteiger charge is -2.16. The molecule has 31 heavy (non-hydrogen) atoms. The number of carbonyl (C=O) groups excluding carboxylic acids is 1. The molecule has 1 aliphatic rings. The van der Waals surface area contributed by atoms with Gasteiger partial charge in [-0.3, -0.25) is 4.79 Å². The summed E-state index contributed by atoms with van der Waals surface area (Å²) in [5, 5.41) is 5.57. The number of methoxy groups -OCH3 is 2. The Morgan fingerprint density at radius 2 is 1.84 bits per heavy atom. The normalized spacial score (nSPS) is 12.9. The number of thiazole rings is 1. The van der Waals surface area contributed by atoms with E-state index in [9.17, 15) is 4.79 Å². The average molecular weight is 501 g/mol. The van der Waals surface area contributed by atoms with Gasteiger partial charge in [-0.05, 0) is 67.0 Å². The standard InChI is InChI=1S/C24H25BrN2O3S/c1-29-21-12-17(19(25)13-22(21)30-2)9-10-23(28)27-24-26-20(14-31-24)18-8-7-15-5-3-4-6-16(15)11-18/h7-8,11-14H,3-6,9-10H2,1-2H3,(H,26,27,28). The van der Waals surface area contributed by atoms with E-state index >= 15 is 0 Å². The second-order valence-corrected chi connectivity index (χ2v) is 9.29. The predicted octanol–water partition coefficient (Wildman–Crippen LogP) is 6.04. The van der Waals surface area contributed by atoms with Crippen molar-refractivity contribution < 1.29 is 14.3 Å². The maximum Gasteiger partial charge on any atom is 0.226 e. The number of hydrogen-bond donors (Lipinski definition) is 1. The summed E-state index contributed by atoms with van der Waals surface area (Å²) in [5.41, 5.74) is 5.91. The van der Waals surface area contributed by atoms with Gasteiger partial charge in [0.25, 0.3) is 0 Å². The van der Waals surface area contributed by atoms with Gasteiger partial charge in [-0.2, -0.15) is 0 Å². The van der Waals surface area contributed by atoms with Crippen LogP contribution in [0.25, 0.3) is 11.3 Å². The first-order valence-electron chi connectivity index (χ1n) is 10.4. The average Bonchev–Trinajstić information content (AvgIpc) is 3.26. The lowest BCUT2D eigenvalue weighted by atomic mass is 9.90. The number of ether oxygens (including phenoxy) is 2. The van der Waals surface area contributed by atoms with Gasteiger partial charge in [0, 0.05) is 21.8 Å². The molecular formula is C24H25BrN2O3S. The Labute approximate surface area is 194 Å². The maximum absolute atomic E-state index is 12.5. The fraction of sp³-hybridized carbons (Fsp3) is 0.333. The zero-order valence-corrected chi connectivity index (χ0v) is 20.1. The van der Waals surface area contributed by atoms with Crippen LogP contribution in [0.4, 0.5) is 5.13 Å². The molecule has 0 radical (unpaired) electrons. The molecular weight excluding hydrogens is 476 g/mol. The van der Waals surface area contributed by atoms with E-state index in [0.717, 1.165) is 27.7 Å². The van der Waals surface area contributed by atoms with Crippen molar-refractivity contribution in [1.82, 2.24) is 4.98 Å². The molecule has 1 heterocycles. The molecule has 0 saturated heterocycles. The lowest BCUT2D eigenvalue weighted by Crippen LogP contribution is -2.12. The molecule has 1 aliphatic carbocycles. The predicted molar refractivity (Wildman–Crippen MR) is 128 cm³/mol. The molecule has 4 rings (SSSR count). The van der Waals surface area contributed by atoms with E-state index in [1.54, 1.807) is 14.2 Å². The summed E-state index contributed by atoms with van der Waals surface area (Å²) >= 11 is 5.00. The zero-order valence-electron chi connectivity index (χ0n) is 17.7. The molecule has 1 amide bonds. The third-order valence-corrected chi connectivity index (χ3v) is 7.06. The van der Waals surface area contributed by atoms with Crippen LogP contribution in [0.15, 0.2) is 40.2 Å². The Hall–Kier alpha value is -2.38. The topological polar surface area (TPSA) is 60.5 Å². The molecule has 0 aliphatic heterocycles. The molecule has 0 fully saturated rings. The number of anilines is 1. The highest BCUT2D eigenvalue weighted by Gasteiger charge is 2.14. The van der Waals surface area contributed by atoms with Gasteiger partial charge < -0.3 is 14.8 Å². The zero-order chi connectivity index (χ0) is 21.8. The number of carbonyl (C=O) groups is 1. The minimum atomic E-state index is -0.0620. The Morgan fingerprint density at radius 1 is 1.10 bits per heavy atom. The van der Waals surface area contributed by atoms with Crippen LogP contribution in [0.5, 0.6) is 11.5 Å². The van der Waals surface area contributed by atoms with Gasteiger partial charge in [0.15, 0.2) is 16.6 Å². The number of nitrogens with one attached hydrogen (secondary N) is 1. The number of hydrogen-bond acceptors (Lipinski definition) is 5. The number of fused-ring (bicyclic) bond motifs is 1. The number of rotatable bonds is 7. The van der Waals surface area contributed by atoms with Crippen molar-refractivity contribution in [1.29, 1.82) is 0 Å². The van der Waals surface area contributed by atoms with Gasteiger partial charge in [0.05, 0.1) is 19.9 Å². The first-order chi connectivity index (χ1) is 15.1. The molecule has 162 valence electrons. The van der Waals surface area contributed by atoms with Crippen LogP contribution in [0.3, 0.4) is 0 Å². The fourth-order valence-electron chi connectivity index (χ4n) is 3.87. The third-order valence-electron chi connectivity index (χ3n) is 5.57. The van der Waals surface area contributed by atoms with Crippen LogP contribution in [-0.4, -0.2) is 25.1 Å². The molecule has 0 spiro atoms. The van der Waals surface area contributed by atoms with Crippen molar-refractivity contribution in [3.05, 3.63) is 56.9 Å². The minimum Gasteiger partial charge on any atom is -0.493 e. The maximum atomic E-state index is 12.5. The molecule has 0 atom stereocenters. The summed E-state index contributed by atoms with van der Waals surface area (Å²) < 4.78 is 11.6. The second-order valence-electron chi connectivity index (χ2n) is 7.58. The van der Waals surface area contributed by atoms with E-state index in [0.29, 0.717) is 29.5 Å². The third kappa shape index (κ3) is 5.10. The van der Waals surface area contributed by atoms with Crippen molar-refractivity contribution in [2.24, 2.45) is 0 Å². The van der Waals surface area contributed by atoms with E-state index in [1.807, 2.05) is 17.5 Å².